The molecule has 0 fully saturated rings. The van der Waals surface area contributed by atoms with Gasteiger partial charge in [-0.25, -0.2) is 4.98 Å². The lowest BCUT2D eigenvalue weighted by atomic mass is 9.99. The molecule has 1 amide bonds. The highest BCUT2D eigenvalue weighted by Crippen LogP contribution is 2.33. The number of halogens is 1. The van der Waals surface area contributed by atoms with E-state index >= 15 is 0 Å². The molecular formula is C22H24ClN3O2S. The third-order valence-electron chi connectivity index (χ3n) is 4.73. The summed E-state index contributed by atoms with van der Waals surface area (Å²) in [7, 11) is 0. The van der Waals surface area contributed by atoms with Crippen molar-refractivity contribution in [1.82, 2.24) is 4.98 Å². The average molecular weight is 430 g/mol. The molecule has 0 aliphatic carbocycles. The van der Waals surface area contributed by atoms with Crippen molar-refractivity contribution >= 4 is 41.0 Å². The van der Waals surface area contributed by atoms with Crippen LogP contribution in [0.4, 0.5) is 11.4 Å². The molecule has 0 spiro atoms. The molecule has 3 aromatic rings. The van der Waals surface area contributed by atoms with Gasteiger partial charge >= 0.3 is 0 Å². The van der Waals surface area contributed by atoms with Crippen LogP contribution in [0.25, 0.3) is 10.6 Å². The highest BCUT2D eigenvalue weighted by atomic mass is 35.5. The number of carbonyl (C=O) groups is 1. The number of rotatable bonds is 4. The topological polar surface area (TPSA) is 68.5 Å². The summed E-state index contributed by atoms with van der Waals surface area (Å²) in [5.74, 6) is 0.753. The van der Waals surface area contributed by atoms with Gasteiger partial charge in [0.25, 0.3) is 5.91 Å². The van der Waals surface area contributed by atoms with Gasteiger partial charge in [-0.3, -0.25) is 4.79 Å². The third-order valence-corrected chi connectivity index (χ3v) is 5.62. The largest absolute Gasteiger partial charge is 0.491 e. The zero-order valence-corrected chi connectivity index (χ0v) is 18.1. The molecule has 0 atom stereocenters. The molecule has 0 unspecified atom stereocenters. The van der Waals surface area contributed by atoms with E-state index in [0.717, 1.165) is 46.1 Å². The summed E-state index contributed by atoms with van der Waals surface area (Å²) in [5, 5.41) is 2.65. The monoisotopic (exact) mass is 429 g/mol. The Hall–Kier alpha value is -2.57. The van der Waals surface area contributed by atoms with Crippen molar-refractivity contribution in [3.63, 3.8) is 0 Å². The fourth-order valence-electron chi connectivity index (χ4n) is 3.45. The summed E-state index contributed by atoms with van der Waals surface area (Å²) in [6, 6.07) is 13.6. The Kier molecular flexibility index (Phi) is 6.45. The van der Waals surface area contributed by atoms with E-state index in [2.05, 4.69) is 4.98 Å². The Bertz CT molecular complexity index is 1000. The number of amides is 1. The summed E-state index contributed by atoms with van der Waals surface area (Å²) in [4.78, 5) is 19.5. The van der Waals surface area contributed by atoms with E-state index < -0.39 is 0 Å². The minimum Gasteiger partial charge on any atom is -0.491 e. The Morgan fingerprint density at radius 1 is 1.21 bits per heavy atom. The number of thiazole rings is 1. The SMILES string of the molecule is CC(C)Oc1ccc(-c2nc(C(=O)N3CCCc4c(N)cccc43)cs2)cc1.Cl. The minimum atomic E-state index is -0.0752. The summed E-state index contributed by atoms with van der Waals surface area (Å²) in [6.07, 6.45) is 1.94. The van der Waals surface area contributed by atoms with E-state index in [4.69, 9.17) is 10.5 Å². The second-order valence-corrected chi connectivity index (χ2v) is 7.99. The van der Waals surface area contributed by atoms with E-state index in [1.165, 1.54) is 11.3 Å². The van der Waals surface area contributed by atoms with Crippen LogP contribution < -0.4 is 15.4 Å². The predicted octanol–water partition coefficient (Wildman–Crippen LogP) is 5.19. The molecule has 0 radical (unpaired) electrons. The highest BCUT2D eigenvalue weighted by Gasteiger charge is 2.26. The molecule has 7 heteroatoms. The molecule has 0 saturated heterocycles. The number of hydrogen-bond acceptors (Lipinski definition) is 5. The first-order chi connectivity index (χ1) is 13.5. The molecule has 2 heterocycles. The van der Waals surface area contributed by atoms with E-state index in [0.29, 0.717) is 12.2 Å². The lowest BCUT2D eigenvalue weighted by Crippen LogP contribution is -2.35. The van der Waals surface area contributed by atoms with Crippen molar-refractivity contribution in [3.05, 3.63) is 59.1 Å². The molecule has 4 rings (SSSR count). The van der Waals surface area contributed by atoms with Crippen LogP contribution in [0.5, 0.6) is 5.75 Å². The normalized spacial score (nSPS) is 13.0. The minimum absolute atomic E-state index is 0. The number of nitrogens with zero attached hydrogens (tertiary/aromatic N) is 2. The average Bonchev–Trinajstić information content (AvgIpc) is 3.18. The van der Waals surface area contributed by atoms with Gasteiger partial charge in [-0.15, -0.1) is 23.7 Å². The van der Waals surface area contributed by atoms with Crippen LogP contribution in [-0.2, 0) is 6.42 Å². The van der Waals surface area contributed by atoms with E-state index in [1.807, 2.05) is 61.7 Å². The zero-order valence-electron chi connectivity index (χ0n) is 16.4. The number of nitrogens with two attached hydrogens (primary N) is 1. The summed E-state index contributed by atoms with van der Waals surface area (Å²) < 4.78 is 5.68. The quantitative estimate of drug-likeness (QED) is 0.579. The van der Waals surface area contributed by atoms with Crippen molar-refractivity contribution in [2.45, 2.75) is 32.8 Å². The van der Waals surface area contributed by atoms with Gasteiger partial charge in [-0.2, -0.15) is 0 Å². The van der Waals surface area contributed by atoms with Crippen LogP contribution >= 0.6 is 23.7 Å². The maximum absolute atomic E-state index is 13.1. The lowest BCUT2D eigenvalue weighted by molar-refractivity contribution is 0.0981. The van der Waals surface area contributed by atoms with Gasteiger partial charge in [0.15, 0.2) is 0 Å². The molecule has 0 saturated carbocycles. The van der Waals surface area contributed by atoms with Crippen molar-refractivity contribution in [2.75, 3.05) is 17.2 Å². The first-order valence-electron chi connectivity index (χ1n) is 9.45. The predicted molar refractivity (Wildman–Crippen MR) is 121 cm³/mol. The van der Waals surface area contributed by atoms with Crippen LogP contribution in [0.1, 0.15) is 36.3 Å². The van der Waals surface area contributed by atoms with E-state index in [1.54, 1.807) is 4.90 Å². The zero-order chi connectivity index (χ0) is 19.7. The standard InChI is InChI=1S/C22H23N3O2S.ClH/c1-14(2)27-16-10-8-15(9-11-16)21-24-19(13-28-21)22(26)25-12-4-5-17-18(23)6-3-7-20(17)25;/h3,6-11,13-14H,4-5,12,23H2,1-2H3;1H. The van der Waals surface area contributed by atoms with Gasteiger partial charge in [-0.1, -0.05) is 6.07 Å². The first kappa shape index (κ1) is 21.1. The van der Waals surface area contributed by atoms with Crippen LogP contribution in [0.15, 0.2) is 47.8 Å². The second kappa shape index (κ2) is 8.84. The molecule has 152 valence electrons. The molecule has 2 N–H and O–H groups in total. The summed E-state index contributed by atoms with van der Waals surface area (Å²) in [5.41, 5.74) is 10.3. The molecule has 5 nitrogen and oxygen atoms in total. The number of ether oxygens (including phenoxy) is 1. The lowest BCUT2D eigenvalue weighted by Gasteiger charge is -2.29. The Morgan fingerprint density at radius 3 is 2.69 bits per heavy atom. The number of carbonyl (C=O) groups excluding carboxylic acids is 1. The number of benzene rings is 2. The van der Waals surface area contributed by atoms with Gasteiger partial charge in [0.2, 0.25) is 0 Å². The first-order valence-corrected chi connectivity index (χ1v) is 10.3. The third kappa shape index (κ3) is 4.38. The smallest absolute Gasteiger partial charge is 0.277 e. The molecule has 1 aliphatic heterocycles. The van der Waals surface area contributed by atoms with Crippen molar-refractivity contribution in [1.29, 1.82) is 0 Å². The van der Waals surface area contributed by atoms with Crippen LogP contribution in [0, 0.1) is 0 Å². The number of anilines is 2. The second-order valence-electron chi connectivity index (χ2n) is 7.13. The van der Waals surface area contributed by atoms with Crippen molar-refractivity contribution < 1.29 is 9.53 Å². The van der Waals surface area contributed by atoms with Crippen molar-refractivity contribution in [3.8, 4) is 16.3 Å². The summed E-state index contributed by atoms with van der Waals surface area (Å²) in [6.45, 7) is 4.68. The Balaban J connectivity index is 0.00000240. The van der Waals surface area contributed by atoms with E-state index in [9.17, 15) is 4.79 Å². The molecule has 29 heavy (non-hydrogen) atoms. The number of nitrogen functional groups attached to an aromatic ring is 1. The number of fused-ring (bicyclic) bond motifs is 1. The fraction of sp³-hybridized carbons (Fsp3) is 0.273. The molecule has 2 aromatic carbocycles. The molecular weight excluding hydrogens is 406 g/mol. The van der Waals surface area contributed by atoms with E-state index in [-0.39, 0.29) is 24.4 Å². The van der Waals surface area contributed by atoms with Gasteiger partial charge in [0.05, 0.1) is 6.10 Å². The van der Waals surface area contributed by atoms with Gasteiger partial charge < -0.3 is 15.4 Å². The molecule has 1 aliphatic rings. The Morgan fingerprint density at radius 2 is 1.97 bits per heavy atom. The van der Waals surface area contributed by atoms with Crippen LogP contribution in [0.3, 0.4) is 0 Å². The van der Waals surface area contributed by atoms with Crippen molar-refractivity contribution in [2.24, 2.45) is 0 Å². The number of hydrogen-bond donors (Lipinski definition) is 1. The van der Waals surface area contributed by atoms with Crippen LogP contribution in [-0.4, -0.2) is 23.5 Å². The van der Waals surface area contributed by atoms with Gasteiger partial charge in [0.1, 0.15) is 16.5 Å². The molecule has 0 bridgehead atoms. The maximum Gasteiger partial charge on any atom is 0.277 e. The summed E-state index contributed by atoms with van der Waals surface area (Å²) >= 11 is 1.48. The Labute approximate surface area is 180 Å². The fourth-order valence-corrected chi connectivity index (χ4v) is 4.25. The highest BCUT2D eigenvalue weighted by molar-refractivity contribution is 7.13. The van der Waals surface area contributed by atoms with Crippen LogP contribution in [0.2, 0.25) is 0 Å². The maximum atomic E-state index is 13.1. The molecule has 1 aromatic heterocycles. The number of aromatic nitrogens is 1. The van der Waals surface area contributed by atoms with Gasteiger partial charge in [-0.05, 0) is 68.7 Å². The van der Waals surface area contributed by atoms with Gasteiger partial charge in [0, 0.05) is 28.9 Å².